The lowest BCUT2D eigenvalue weighted by Gasteiger charge is -2.27. The number of carboxylic acid groups (broad SMARTS) is 1. The van der Waals surface area contributed by atoms with Crippen LogP contribution in [0.25, 0.3) is 0 Å². The van der Waals surface area contributed by atoms with Crippen molar-refractivity contribution < 1.29 is 14.7 Å². The molecule has 2 aliphatic rings. The van der Waals surface area contributed by atoms with Crippen LogP contribution in [0, 0.1) is 11.8 Å². The van der Waals surface area contributed by atoms with Gasteiger partial charge in [-0.25, -0.2) is 0 Å². The molecule has 0 bridgehead atoms. The van der Waals surface area contributed by atoms with Gasteiger partial charge in [-0.15, -0.1) is 0 Å². The Kier molecular flexibility index (Phi) is 5.11. The third-order valence-electron chi connectivity index (χ3n) is 3.37. The maximum absolute atomic E-state index is 12.4. The molecule has 18 heavy (non-hydrogen) atoms. The summed E-state index contributed by atoms with van der Waals surface area (Å²) in [6.45, 7) is 0. The maximum Gasteiger partial charge on any atom is 0.307 e. The summed E-state index contributed by atoms with van der Waals surface area (Å²) in [5, 5.41) is 9.21. The van der Waals surface area contributed by atoms with Crippen molar-refractivity contribution in [1.29, 1.82) is 0 Å². The summed E-state index contributed by atoms with van der Waals surface area (Å²) < 4.78 is 3.33. The Hall–Kier alpha value is -0.0500. The van der Waals surface area contributed by atoms with Gasteiger partial charge in [-0.2, -0.15) is 0 Å². The lowest BCUT2D eigenvalue weighted by molar-refractivity contribution is -0.147. The number of carbonyl (C=O) groups excluding carboxylic acids is 1. The standard InChI is InChI=1S/C13H14I2O3/c14-11-6-5-8(7-15-11)12(16)9-3-1-2-4-10(9)13(17)18/h5-7,9-10H,1-4H2,(H,17,18)/t9-,10-/m1/s1. The van der Waals surface area contributed by atoms with Gasteiger partial charge in [0.15, 0.2) is 5.78 Å². The number of ketones is 1. The zero-order chi connectivity index (χ0) is 13.1. The minimum atomic E-state index is -0.815. The predicted octanol–water partition coefficient (Wildman–Crippen LogP) is 3.44. The molecule has 0 aromatic carbocycles. The molecule has 1 saturated carbocycles. The van der Waals surface area contributed by atoms with Gasteiger partial charge in [-0.3, -0.25) is 9.59 Å². The van der Waals surface area contributed by atoms with Crippen LogP contribution in [0.1, 0.15) is 25.7 Å². The van der Waals surface area contributed by atoms with Crippen LogP contribution in [-0.2, 0) is 9.59 Å². The molecule has 1 fully saturated rings. The molecule has 2 rings (SSSR count). The van der Waals surface area contributed by atoms with Crippen LogP contribution in [-0.4, -0.2) is 18.4 Å². The van der Waals surface area contributed by atoms with E-state index in [4.69, 9.17) is 0 Å². The van der Waals surface area contributed by atoms with E-state index in [1.807, 2.05) is 16.2 Å². The first-order valence-corrected chi connectivity index (χ1v) is 9.31. The molecule has 3 nitrogen and oxygen atoms in total. The fourth-order valence-corrected chi connectivity index (χ4v) is 4.93. The van der Waals surface area contributed by atoms with Crippen molar-refractivity contribution in [1.82, 2.24) is 0 Å². The van der Waals surface area contributed by atoms with Gasteiger partial charge in [0.25, 0.3) is 0 Å². The molecule has 0 radical (unpaired) electrons. The second-order valence-corrected chi connectivity index (χ2v) is 10.1. The summed E-state index contributed by atoms with van der Waals surface area (Å²) >= 11 is 2.10. The molecule has 0 amide bonds. The van der Waals surface area contributed by atoms with Crippen LogP contribution < -0.4 is 0 Å². The number of rotatable bonds is 3. The van der Waals surface area contributed by atoms with Gasteiger partial charge in [-0.05, 0) is 51.7 Å². The van der Waals surface area contributed by atoms with Gasteiger partial charge in [0, 0.05) is 13.0 Å². The quantitative estimate of drug-likeness (QED) is 0.641. The monoisotopic (exact) mass is 472 g/mol. The summed E-state index contributed by atoms with van der Waals surface area (Å²) in [6.07, 6.45) is 7.09. The Labute approximate surface area is 130 Å². The number of hydrogen-bond donors (Lipinski definition) is 1. The highest BCUT2D eigenvalue weighted by molar-refractivity contribution is 14.2. The largest absolute Gasteiger partial charge is 0.481 e. The van der Waals surface area contributed by atoms with E-state index in [1.165, 1.54) is 1.52 Å². The lowest BCUT2D eigenvalue weighted by atomic mass is 9.75. The molecular formula is C13H14I2O3. The number of aliphatic carboxylic acids is 1. The zero-order valence-corrected chi connectivity index (χ0v) is 14.0. The number of allylic oxidation sites excluding steroid dienone is 3. The molecule has 0 aromatic heterocycles. The predicted molar refractivity (Wildman–Crippen MR) is 88.4 cm³/mol. The van der Waals surface area contributed by atoms with E-state index in [0.717, 1.165) is 24.8 Å². The average Bonchev–Trinajstić information content (AvgIpc) is 2.39. The fourth-order valence-electron chi connectivity index (χ4n) is 2.43. The highest BCUT2D eigenvalue weighted by atomic mass is 127. The van der Waals surface area contributed by atoms with E-state index in [0.29, 0.717) is 6.42 Å². The summed E-state index contributed by atoms with van der Waals surface area (Å²) in [6, 6.07) is 0. The maximum atomic E-state index is 12.4. The van der Waals surface area contributed by atoms with Crippen LogP contribution in [0.3, 0.4) is 0 Å². The van der Waals surface area contributed by atoms with E-state index in [-0.39, 0.29) is 32.4 Å². The first-order valence-electron chi connectivity index (χ1n) is 5.90. The SMILES string of the molecule is O=C(O)[C@@H]1CCCC[C@H]1C(=O)C1=CI=C(I)C=C1. The van der Waals surface area contributed by atoms with Crippen molar-refractivity contribution in [2.45, 2.75) is 25.7 Å². The molecule has 0 aromatic rings. The van der Waals surface area contributed by atoms with E-state index < -0.39 is 11.9 Å². The Morgan fingerprint density at radius 1 is 1.22 bits per heavy atom. The molecule has 2 atom stereocenters. The second kappa shape index (κ2) is 6.40. The number of carbonyl (C=O) groups is 2. The third-order valence-corrected chi connectivity index (χ3v) is 7.25. The third kappa shape index (κ3) is 3.28. The Morgan fingerprint density at radius 3 is 2.44 bits per heavy atom. The molecule has 1 N–H and O–H groups in total. The molecule has 1 aliphatic heterocycles. The molecule has 1 heterocycles. The van der Waals surface area contributed by atoms with E-state index in [9.17, 15) is 14.7 Å². The van der Waals surface area contributed by atoms with E-state index in [1.54, 1.807) is 0 Å². The number of carboxylic acids is 1. The number of Topliss-reactive ketones (excluding diaryl/α,β-unsaturated/α-hetero) is 1. The van der Waals surface area contributed by atoms with Crippen molar-refractivity contribution in [3.8, 4) is 0 Å². The normalized spacial score (nSPS) is 27.8. The summed E-state index contributed by atoms with van der Waals surface area (Å²) in [7, 11) is 0. The smallest absolute Gasteiger partial charge is 0.307 e. The van der Waals surface area contributed by atoms with Crippen molar-refractivity contribution >= 4 is 56.6 Å². The molecule has 0 spiro atoms. The van der Waals surface area contributed by atoms with Gasteiger partial charge < -0.3 is 5.11 Å². The van der Waals surface area contributed by atoms with E-state index >= 15 is 0 Å². The van der Waals surface area contributed by atoms with E-state index in [2.05, 4.69) is 22.6 Å². The Bertz CT molecular complexity index is 463. The van der Waals surface area contributed by atoms with Gasteiger partial charge in [-0.1, -0.05) is 33.6 Å². The Morgan fingerprint density at radius 2 is 1.89 bits per heavy atom. The van der Waals surface area contributed by atoms with Crippen LogP contribution >= 0.6 is 43.3 Å². The van der Waals surface area contributed by atoms with Crippen molar-refractivity contribution in [3.05, 3.63) is 21.8 Å². The minimum Gasteiger partial charge on any atom is -0.481 e. The molecule has 1 aliphatic carbocycles. The highest BCUT2D eigenvalue weighted by Crippen LogP contribution is 2.34. The van der Waals surface area contributed by atoms with Crippen LogP contribution in [0.15, 0.2) is 21.8 Å². The van der Waals surface area contributed by atoms with Crippen molar-refractivity contribution in [2.75, 3.05) is 0 Å². The molecular weight excluding hydrogens is 458 g/mol. The number of halogens is 2. The van der Waals surface area contributed by atoms with Gasteiger partial charge in [0.05, 0.1) is 5.92 Å². The zero-order valence-electron chi connectivity index (χ0n) is 9.73. The first-order chi connectivity index (χ1) is 8.59. The average molecular weight is 472 g/mol. The van der Waals surface area contributed by atoms with Crippen molar-refractivity contribution in [3.63, 3.8) is 0 Å². The minimum absolute atomic E-state index is 0.0435. The topological polar surface area (TPSA) is 54.4 Å². The van der Waals surface area contributed by atoms with Gasteiger partial charge in [0.2, 0.25) is 0 Å². The van der Waals surface area contributed by atoms with Crippen LogP contribution in [0.4, 0.5) is 0 Å². The highest BCUT2D eigenvalue weighted by Gasteiger charge is 2.36. The molecule has 5 heteroatoms. The van der Waals surface area contributed by atoms with Gasteiger partial charge in [0.1, 0.15) is 0 Å². The van der Waals surface area contributed by atoms with Crippen LogP contribution in [0.2, 0.25) is 0 Å². The summed E-state index contributed by atoms with van der Waals surface area (Å²) in [5.74, 6) is -1.57. The fraction of sp³-hybridized carbons (Fsp3) is 0.462. The summed E-state index contributed by atoms with van der Waals surface area (Å²) in [4.78, 5) is 23.6. The lowest BCUT2D eigenvalue weighted by Crippen LogP contribution is -2.33. The van der Waals surface area contributed by atoms with Gasteiger partial charge >= 0.3 is 5.97 Å². The molecule has 0 saturated heterocycles. The molecule has 0 unspecified atom stereocenters. The number of hydrogen-bond acceptors (Lipinski definition) is 2. The summed E-state index contributed by atoms with van der Waals surface area (Å²) in [5.41, 5.74) is 0.737. The Balaban J connectivity index is 2.17. The first kappa shape index (κ1) is 14.4. The van der Waals surface area contributed by atoms with Crippen molar-refractivity contribution in [2.24, 2.45) is 11.8 Å². The molecule has 98 valence electrons. The second-order valence-electron chi connectivity index (χ2n) is 4.50. The van der Waals surface area contributed by atoms with Crippen LogP contribution in [0.5, 0.6) is 0 Å².